The van der Waals surface area contributed by atoms with Gasteiger partial charge in [0.25, 0.3) is 0 Å². The van der Waals surface area contributed by atoms with Crippen molar-refractivity contribution in [3.63, 3.8) is 0 Å². The summed E-state index contributed by atoms with van der Waals surface area (Å²) in [7, 11) is 1.70. The van der Waals surface area contributed by atoms with Crippen molar-refractivity contribution < 1.29 is 4.74 Å². The summed E-state index contributed by atoms with van der Waals surface area (Å²) >= 11 is 3.30. The van der Waals surface area contributed by atoms with Gasteiger partial charge in [0.1, 0.15) is 11.4 Å². The van der Waals surface area contributed by atoms with E-state index < -0.39 is 0 Å². The van der Waals surface area contributed by atoms with E-state index in [1.165, 1.54) is 0 Å². The topological polar surface area (TPSA) is 59.9 Å². The van der Waals surface area contributed by atoms with Gasteiger partial charge in [0, 0.05) is 20.3 Å². The molecule has 3 rings (SSSR count). The summed E-state index contributed by atoms with van der Waals surface area (Å²) in [6.45, 7) is 1.48. The SMILES string of the molecule is COCCCNc1nnc(-c2cccs2)c(-c2cccs2)n1. The van der Waals surface area contributed by atoms with Crippen molar-refractivity contribution in [3.05, 3.63) is 35.0 Å². The van der Waals surface area contributed by atoms with Crippen molar-refractivity contribution in [2.75, 3.05) is 25.6 Å². The highest BCUT2D eigenvalue weighted by atomic mass is 32.1. The number of nitrogens with one attached hydrogen (secondary N) is 1. The predicted octanol–water partition coefficient (Wildman–Crippen LogP) is 3.78. The van der Waals surface area contributed by atoms with Gasteiger partial charge in [-0.2, -0.15) is 0 Å². The van der Waals surface area contributed by atoms with Crippen molar-refractivity contribution in [1.82, 2.24) is 15.2 Å². The molecule has 0 fully saturated rings. The van der Waals surface area contributed by atoms with Gasteiger partial charge in [0.15, 0.2) is 0 Å². The molecule has 0 bridgehead atoms. The summed E-state index contributed by atoms with van der Waals surface area (Å²) in [4.78, 5) is 6.83. The number of nitrogens with zero attached hydrogens (tertiary/aromatic N) is 3. The van der Waals surface area contributed by atoms with Crippen molar-refractivity contribution in [1.29, 1.82) is 0 Å². The van der Waals surface area contributed by atoms with Crippen LogP contribution in [0.1, 0.15) is 6.42 Å². The van der Waals surface area contributed by atoms with Crippen LogP contribution in [0.25, 0.3) is 21.1 Å². The number of anilines is 1. The van der Waals surface area contributed by atoms with Crippen molar-refractivity contribution in [2.24, 2.45) is 0 Å². The van der Waals surface area contributed by atoms with E-state index in [1.807, 2.05) is 29.0 Å². The molecule has 0 aliphatic heterocycles. The fraction of sp³-hybridized carbons (Fsp3) is 0.267. The molecule has 0 saturated heterocycles. The molecule has 3 aromatic rings. The monoisotopic (exact) mass is 332 g/mol. The van der Waals surface area contributed by atoms with E-state index in [1.54, 1.807) is 29.8 Å². The minimum absolute atomic E-state index is 0.555. The average molecular weight is 332 g/mol. The first-order valence-corrected chi connectivity index (χ1v) is 8.69. The third kappa shape index (κ3) is 3.49. The van der Waals surface area contributed by atoms with Gasteiger partial charge in [-0.25, -0.2) is 4.98 Å². The Morgan fingerprint density at radius 2 is 1.77 bits per heavy atom. The number of aromatic nitrogens is 3. The van der Waals surface area contributed by atoms with Gasteiger partial charge in [-0.1, -0.05) is 12.1 Å². The second kappa shape index (κ2) is 7.44. The summed E-state index contributed by atoms with van der Waals surface area (Å²) in [5.41, 5.74) is 1.71. The Morgan fingerprint density at radius 3 is 2.41 bits per heavy atom. The smallest absolute Gasteiger partial charge is 0.243 e. The molecule has 114 valence electrons. The Morgan fingerprint density at radius 1 is 1.05 bits per heavy atom. The lowest BCUT2D eigenvalue weighted by atomic mass is 10.2. The molecule has 0 radical (unpaired) electrons. The third-order valence-electron chi connectivity index (χ3n) is 3.00. The highest BCUT2D eigenvalue weighted by molar-refractivity contribution is 7.14. The molecule has 0 saturated carbocycles. The zero-order valence-corrected chi connectivity index (χ0v) is 13.8. The number of hydrogen-bond donors (Lipinski definition) is 1. The molecule has 0 aliphatic rings. The van der Waals surface area contributed by atoms with Crippen molar-refractivity contribution >= 4 is 28.6 Å². The molecule has 3 aromatic heterocycles. The maximum absolute atomic E-state index is 5.04. The number of rotatable bonds is 7. The van der Waals surface area contributed by atoms with Crippen LogP contribution >= 0.6 is 22.7 Å². The number of hydrogen-bond acceptors (Lipinski definition) is 7. The quantitative estimate of drug-likeness (QED) is 0.667. The first-order chi connectivity index (χ1) is 10.9. The minimum atomic E-state index is 0.555. The summed E-state index contributed by atoms with van der Waals surface area (Å²) in [6.07, 6.45) is 0.904. The lowest BCUT2D eigenvalue weighted by Gasteiger charge is -2.08. The van der Waals surface area contributed by atoms with Gasteiger partial charge in [-0.05, 0) is 29.3 Å². The first-order valence-electron chi connectivity index (χ1n) is 6.94. The van der Waals surface area contributed by atoms with Crippen LogP contribution in [0.3, 0.4) is 0 Å². The Bertz CT molecular complexity index is 698. The zero-order chi connectivity index (χ0) is 15.2. The van der Waals surface area contributed by atoms with E-state index >= 15 is 0 Å². The molecule has 1 N–H and O–H groups in total. The van der Waals surface area contributed by atoms with Crippen LogP contribution in [0.15, 0.2) is 35.0 Å². The Labute approximate surface area is 137 Å². The van der Waals surface area contributed by atoms with Gasteiger partial charge in [-0.3, -0.25) is 0 Å². The molecule has 0 aromatic carbocycles. The lowest BCUT2D eigenvalue weighted by molar-refractivity contribution is 0.197. The van der Waals surface area contributed by atoms with Gasteiger partial charge in [0.05, 0.1) is 9.75 Å². The largest absolute Gasteiger partial charge is 0.385 e. The van der Waals surface area contributed by atoms with E-state index in [0.717, 1.165) is 34.1 Å². The fourth-order valence-electron chi connectivity index (χ4n) is 1.98. The van der Waals surface area contributed by atoms with Gasteiger partial charge < -0.3 is 10.1 Å². The Balaban J connectivity index is 1.88. The van der Waals surface area contributed by atoms with Crippen LogP contribution in [0.5, 0.6) is 0 Å². The molecule has 0 atom stereocenters. The summed E-state index contributed by atoms with van der Waals surface area (Å²) in [5.74, 6) is 0.555. The molecule has 7 heteroatoms. The molecule has 0 aliphatic carbocycles. The molecule has 0 spiro atoms. The summed E-state index contributed by atoms with van der Waals surface area (Å²) in [6, 6.07) is 8.13. The second-order valence-corrected chi connectivity index (χ2v) is 6.46. The van der Waals surface area contributed by atoms with E-state index in [-0.39, 0.29) is 0 Å². The molecule has 3 heterocycles. The van der Waals surface area contributed by atoms with Gasteiger partial charge in [0.2, 0.25) is 5.95 Å². The number of methoxy groups -OCH3 is 1. The molecule has 0 amide bonds. The zero-order valence-electron chi connectivity index (χ0n) is 12.2. The summed E-state index contributed by atoms with van der Waals surface area (Å²) < 4.78 is 5.04. The maximum atomic E-state index is 5.04. The van der Waals surface area contributed by atoms with E-state index in [2.05, 4.69) is 26.6 Å². The van der Waals surface area contributed by atoms with E-state index in [9.17, 15) is 0 Å². The predicted molar refractivity (Wildman–Crippen MR) is 91.4 cm³/mol. The molecular formula is C15H16N4OS2. The first kappa shape index (κ1) is 15.1. The van der Waals surface area contributed by atoms with Crippen molar-refractivity contribution in [2.45, 2.75) is 6.42 Å². The second-order valence-electron chi connectivity index (χ2n) is 4.56. The van der Waals surface area contributed by atoms with E-state index in [0.29, 0.717) is 12.6 Å². The molecule has 0 unspecified atom stereocenters. The fourth-order valence-corrected chi connectivity index (χ4v) is 3.41. The van der Waals surface area contributed by atoms with Crippen LogP contribution in [-0.2, 0) is 4.74 Å². The van der Waals surface area contributed by atoms with Crippen LogP contribution in [0.4, 0.5) is 5.95 Å². The normalized spacial score (nSPS) is 10.8. The summed E-state index contributed by atoms with van der Waals surface area (Å²) in [5, 5.41) is 15.9. The van der Waals surface area contributed by atoms with Crippen LogP contribution in [0.2, 0.25) is 0 Å². The molecular weight excluding hydrogens is 316 g/mol. The van der Waals surface area contributed by atoms with Gasteiger partial charge >= 0.3 is 0 Å². The highest BCUT2D eigenvalue weighted by Crippen LogP contribution is 2.33. The standard InChI is InChI=1S/C15H16N4OS2/c1-20-8-4-7-16-15-17-13(11-5-2-9-21-11)14(18-19-15)12-6-3-10-22-12/h2-3,5-6,9-10H,4,7-8H2,1H3,(H,16,17,19). The van der Waals surface area contributed by atoms with E-state index in [4.69, 9.17) is 4.74 Å². The Kier molecular flexibility index (Phi) is 5.10. The Hall–Kier alpha value is -1.83. The van der Waals surface area contributed by atoms with Crippen LogP contribution < -0.4 is 5.32 Å². The van der Waals surface area contributed by atoms with Crippen LogP contribution in [0, 0.1) is 0 Å². The number of ether oxygens (including phenoxy) is 1. The maximum Gasteiger partial charge on any atom is 0.243 e. The highest BCUT2D eigenvalue weighted by Gasteiger charge is 2.14. The van der Waals surface area contributed by atoms with Gasteiger partial charge in [-0.15, -0.1) is 32.9 Å². The molecule has 5 nitrogen and oxygen atoms in total. The third-order valence-corrected chi connectivity index (χ3v) is 4.76. The molecule has 22 heavy (non-hydrogen) atoms. The van der Waals surface area contributed by atoms with Crippen LogP contribution in [-0.4, -0.2) is 35.4 Å². The van der Waals surface area contributed by atoms with Crippen molar-refractivity contribution in [3.8, 4) is 21.1 Å². The average Bonchev–Trinajstić information content (AvgIpc) is 3.24. The minimum Gasteiger partial charge on any atom is -0.385 e. The lowest BCUT2D eigenvalue weighted by Crippen LogP contribution is -2.09. The number of thiophene rings is 2.